The van der Waals surface area contributed by atoms with Gasteiger partial charge in [-0.05, 0) is 25.1 Å². The molecule has 64 valence electrons. The van der Waals surface area contributed by atoms with E-state index in [-0.39, 0.29) is 6.04 Å². The Morgan fingerprint density at radius 2 is 2.33 bits per heavy atom. The Morgan fingerprint density at radius 3 is 2.83 bits per heavy atom. The van der Waals surface area contributed by atoms with Gasteiger partial charge in [0, 0.05) is 12.2 Å². The molecule has 0 aliphatic rings. The van der Waals surface area contributed by atoms with Crippen LogP contribution < -0.4 is 5.73 Å². The monoisotopic (exact) mass is 182 g/mol. The van der Waals surface area contributed by atoms with Crippen molar-refractivity contribution in [3.05, 3.63) is 35.1 Å². The summed E-state index contributed by atoms with van der Waals surface area (Å²) in [5, 5.41) is 0.646. The van der Waals surface area contributed by atoms with Crippen molar-refractivity contribution in [2.24, 2.45) is 5.73 Å². The van der Waals surface area contributed by atoms with Gasteiger partial charge < -0.3 is 5.73 Å². The van der Waals surface area contributed by atoms with Gasteiger partial charge >= 0.3 is 0 Å². The number of halogens is 1. The van der Waals surface area contributed by atoms with Gasteiger partial charge in [-0.2, -0.15) is 0 Å². The van der Waals surface area contributed by atoms with Crippen molar-refractivity contribution < 1.29 is 0 Å². The Balaban J connectivity index is 2.71. The number of rotatable bonds is 2. The zero-order valence-corrected chi connectivity index (χ0v) is 7.62. The average Bonchev–Trinajstić information content (AvgIpc) is 2.03. The standard InChI is InChI=1S/C9H11ClN2/c1-7(11)2-4-9-5-3-8(10)6-12-9/h2-7H,11H2,1H3/b4-2-/t7-/m1/s1. The summed E-state index contributed by atoms with van der Waals surface area (Å²) in [4.78, 5) is 4.08. The van der Waals surface area contributed by atoms with Crippen molar-refractivity contribution in [2.75, 3.05) is 0 Å². The topological polar surface area (TPSA) is 38.9 Å². The maximum Gasteiger partial charge on any atom is 0.0628 e. The summed E-state index contributed by atoms with van der Waals surface area (Å²) in [6.45, 7) is 1.91. The van der Waals surface area contributed by atoms with E-state index in [4.69, 9.17) is 17.3 Å². The predicted molar refractivity (Wildman–Crippen MR) is 51.9 cm³/mol. The first-order chi connectivity index (χ1) is 5.68. The lowest BCUT2D eigenvalue weighted by Gasteiger charge is -1.95. The molecule has 1 aromatic heterocycles. The van der Waals surface area contributed by atoms with E-state index < -0.39 is 0 Å². The summed E-state index contributed by atoms with van der Waals surface area (Å²) in [6.07, 6.45) is 5.37. The summed E-state index contributed by atoms with van der Waals surface area (Å²) >= 11 is 5.66. The number of hydrogen-bond donors (Lipinski definition) is 1. The minimum atomic E-state index is 0.0579. The van der Waals surface area contributed by atoms with Gasteiger partial charge in [-0.3, -0.25) is 4.98 Å². The fraction of sp³-hybridized carbons (Fsp3) is 0.222. The number of hydrogen-bond acceptors (Lipinski definition) is 2. The van der Waals surface area contributed by atoms with Crippen LogP contribution in [-0.2, 0) is 0 Å². The van der Waals surface area contributed by atoms with Crippen molar-refractivity contribution in [2.45, 2.75) is 13.0 Å². The SMILES string of the molecule is C[C@@H](N)/C=C\c1ccc(Cl)cn1. The molecule has 0 unspecified atom stereocenters. The molecule has 0 spiro atoms. The summed E-state index contributed by atoms with van der Waals surface area (Å²) in [5.74, 6) is 0. The van der Waals surface area contributed by atoms with Crippen LogP contribution >= 0.6 is 11.6 Å². The fourth-order valence-corrected chi connectivity index (χ4v) is 0.848. The van der Waals surface area contributed by atoms with Crippen molar-refractivity contribution in [3.63, 3.8) is 0 Å². The van der Waals surface area contributed by atoms with Gasteiger partial charge in [-0.1, -0.05) is 17.7 Å². The Hall–Kier alpha value is -0.860. The largest absolute Gasteiger partial charge is 0.325 e. The molecule has 1 atom stereocenters. The number of nitrogens with zero attached hydrogens (tertiary/aromatic N) is 1. The van der Waals surface area contributed by atoms with Crippen LogP contribution in [0.5, 0.6) is 0 Å². The molecule has 0 aliphatic heterocycles. The highest BCUT2D eigenvalue weighted by Crippen LogP contribution is 2.07. The zero-order chi connectivity index (χ0) is 8.97. The molecule has 0 aliphatic carbocycles. The third kappa shape index (κ3) is 3.03. The van der Waals surface area contributed by atoms with E-state index in [0.29, 0.717) is 5.02 Å². The lowest BCUT2D eigenvalue weighted by molar-refractivity contribution is 0.930. The Labute approximate surface area is 77.1 Å². The number of nitrogens with two attached hydrogens (primary N) is 1. The average molecular weight is 183 g/mol. The highest BCUT2D eigenvalue weighted by Gasteiger charge is 1.89. The van der Waals surface area contributed by atoms with Gasteiger partial charge in [0.2, 0.25) is 0 Å². The van der Waals surface area contributed by atoms with E-state index in [1.165, 1.54) is 0 Å². The van der Waals surface area contributed by atoms with Gasteiger partial charge in [0.25, 0.3) is 0 Å². The molecule has 3 heteroatoms. The van der Waals surface area contributed by atoms with E-state index in [1.807, 2.05) is 25.1 Å². The van der Waals surface area contributed by atoms with Gasteiger partial charge in [-0.25, -0.2) is 0 Å². The Bertz CT molecular complexity index is 264. The molecular weight excluding hydrogens is 172 g/mol. The summed E-state index contributed by atoms with van der Waals surface area (Å²) in [5.41, 5.74) is 6.40. The van der Waals surface area contributed by atoms with Crippen molar-refractivity contribution in [3.8, 4) is 0 Å². The molecule has 1 rings (SSSR count). The quantitative estimate of drug-likeness (QED) is 0.761. The third-order valence-electron chi connectivity index (χ3n) is 1.32. The van der Waals surface area contributed by atoms with Crippen LogP contribution in [0.15, 0.2) is 24.4 Å². The summed E-state index contributed by atoms with van der Waals surface area (Å²) in [6, 6.07) is 3.71. The smallest absolute Gasteiger partial charge is 0.0628 e. The first kappa shape index (κ1) is 9.23. The molecule has 0 bridgehead atoms. The van der Waals surface area contributed by atoms with Crippen LogP contribution in [0.25, 0.3) is 6.08 Å². The van der Waals surface area contributed by atoms with Crippen LogP contribution in [0.2, 0.25) is 5.02 Å². The van der Waals surface area contributed by atoms with Crippen LogP contribution in [0.4, 0.5) is 0 Å². The third-order valence-corrected chi connectivity index (χ3v) is 1.54. The molecule has 0 fully saturated rings. The Kier molecular flexibility index (Phi) is 3.26. The van der Waals surface area contributed by atoms with E-state index >= 15 is 0 Å². The maximum atomic E-state index is 5.66. The van der Waals surface area contributed by atoms with Gasteiger partial charge in [0.15, 0.2) is 0 Å². The van der Waals surface area contributed by atoms with Crippen molar-refractivity contribution in [1.82, 2.24) is 4.98 Å². The molecule has 0 amide bonds. The number of pyridine rings is 1. The first-order valence-electron chi connectivity index (χ1n) is 3.74. The minimum Gasteiger partial charge on any atom is -0.325 e. The van der Waals surface area contributed by atoms with E-state index in [1.54, 1.807) is 12.3 Å². The van der Waals surface area contributed by atoms with Crippen LogP contribution in [-0.4, -0.2) is 11.0 Å². The molecule has 0 saturated carbocycles. The van der Waals surface area contributed by atoms with Crippen LogP contribution in [0, 0.1) is 0 Å². The minimum absolute atomic E-state index is 0.0579. The molecule has 1 aromatic rings. The second kappa shape index (κ2) is 4.24. The highest BCUT2D eigenvalue weighted by atomic mass is 35.5. The molecule has 0 radical (unpaired) electrons. The second-order valence-electron chi connectivity index (χ2n) is 2.62. The molecule has 0 saturated heterocycles. The normalized spacial score (nSPS) is 13.6. The van der Waals surface area contributed by atoms with E-state index in [0.717, 1.165) is 5.69 Å². The fourth-order valence-electron chi connectivity index (χ4n) is 0.736. The summed E-state index contributed by atoms with van der Waals surface area (Å²) < 4.78 is 0. The van der Waals surface area contributed by atoms with E-state index in [9.17, 15) is 0 Å². The van der Waals surface area contributed by atoms with Crippen LogP contribution in [0.1, 0.15) is 12.6 Å². The molecule has 12 heavy (non-hydrogen) atoms. The molecule has 2 N–H and O–H groups in total. The Morgan fingerprint density at radius 1 is 1.58 bits per heavy atom. The predicted octanol–water partition coefficient (Wildman–Crippen LogP) is 2.10. The second-order valence-corrected chi connectivity index (χ2v) is 3.06. The number of aromatic nitrogens is 1. The lowest BCUT2D eigenvalue weighted by atomic mass is 10.2. The molecular formula is C9H11ClN2. The first-order valence-corrected chi connectivity index (χ1v) is 4.11. The molecule has 2 nitrogen and oxygen atoms in total. The van der Waals surface area contributed by atoms with Crippen LogP contribution in [0.3, 0.4) is 0 Å². The van der Waals surface area contributed by atoms with Crippen molar-refractivity contribution in [1.29, 1.82) is 0 Å². The lowest BCUT2D eigenvalue weighted by Crippen LogP contribution is -2.09. The maximum absolute atomic E-state index is 5.66. The van der Waals surface area contributed by atoms with Gasteiger partial charge in [0.1, 0.15) is 0 Å². The van der Waals surface area contributed by atoms with Gasteiger partial charge in [0.05, 0.1) is 10.7 Å². The highest BCUT2D eigenvalue weighted by molar-refractivity contribution is 6.30. The molecule has 0 aromatic carbocycles. The van der Waals surface area contributed by atoms with Gasteiger partial charge in [-0.15, -0.1) is 0 Å². The summed E-state index contributed by atoms with van der Waals surface area (Å²) in [7, 11) is 0. The van der Waals surface area contributed by atoms with Crippen molar-refractivity contribution >= 4 is 17.7 Å². The zero-order valence-electron chi connectivity index (χ0n) is 6.87. The van der Waals surface area contributed by atoms with E-state index in [2.05, 4.69) is 4.98 Å². The molecule has 1 heterocycles.